The first kappa shape index (κ1) is 16.0. The second-order valence-electron chi connectivity index (χ2n) is 5.81. The smallest absolute Gasteiger partial charge is 0.303 e. The molecule has 4 nitrogen and oxygen atoms in total. The predicted octanol–water partition coefficient (Wildman–Crippen LogP) is 2.45. The van der Waals surface area contributed by atoms with Gasteiger partial charge in [-0.05, 0) is 24.9 Å². The van der Waals surface area contributed by atoms with Crippen LogP contribution in [-0.2, 0) is 11.3 Å². The summed E-state index contributed by atoms with van der Waals surface area (Å²) in [6.45, 7) is 6.68. The van der Waals surface area contributed by atoms with Crippen molar-refractivity contribution in [1.29, 1.82) is 0 Å². The predicted molar refractivity (Wildman–Crippen MR) is 84.3 cm³/mol. The fourth-order valence-corrected chi connectivity index (χ4v) is 2.80. The van der Waals surface area contributed by atoms with E-state index in [2.05, 4.69) is 40.1 Å². The highest BCUT2D eigenvalue weighted by Gasteiger charge is 2.16. The van der Waals surface area contributed by atoms with Crippen LogP contribution in [0, 0.1) is 0 Å². The van der Waals surface area contributed by atoms with Gasteiger partial charge in [-0.2, -0.15) is 0 Å². The van der Waals surface area contributed by atoms with E-state index in [9.17, 15) is 4.79 Å². The number of carboxylic acids is 1. The highest BCUT2D eigenvalue weighted by molar-refractivity contribution is 5.66. The number of carboxylic acid groups (broad SMARTS) is 1. The van der Waals surface area contributed by atoms with Crippen LogP contribution in [0.15, 0.2) is 30.3 Å². The molecule has 116 valence electrons. The zero-order valence-corrected chi connectivity index (χ0v) is 12.7. The molecule has 0 atom stereocenters. The molecule has 0 aliphatic carbocycles. The first-order chi connectivity index (χ1) is 10.2. The lowest BCUT2D eigenvalue weighted by Crippen LogP contribution is -2.46. The van der Waals surface area contributed by atoms with Crippen molar-refractivity contribution in [2.75, 3.05) is 32.7 Å². The minimum atomic E-state index is -0.676. The number of unbranched alkanes of at least 4 members (excludes halogenated alkanes) is 2. The molecule has 1 aromatic rings. The van der Waals surface area contributed by atoms with Crippen LogP contribution >= 0.6 is 0 Å². The van der Waals surface area contributed by atoms with Crippen molar-refractivity contribution in [1.82, 2.24) is 9.80 Å². The van der Waals surface area contributed by atoms with E-state index in [1.165, 1.54) is 5.56 Å². The monoisotopic (exact) mass is 290 g/mol. The van der Waals surface area contributed by atoms with Gasteiger partial charge in [-0.25, -0.2) is 0 Å². The molecule has 1 aliphatic heterocycles. The Kier molecular flexibility index (Phi) is 6.70. The maximum absolute atomic E-state index is 10.4. The molecule has 1 N–H and O–H groups in total. The molecule has 0 aromatic heterocycles. The van der Waals surface area contributed by atoms with Gasteiger partial charge in [0.1, 0.15) is 0 Å². The molecule has 0 spiro atoms. The molecule has 0 saturated carbocycles. The molecule has 1 aliphatic rings. The molecule has 1 saturated heterocycles. The van der Waals surface area contributed by atoms with Crippen LogP contribution in [0.3, 0.4) is 0 Å². The lowest BCUT2D eigenvalue weighted by Gasteiger charge is -2.34. The first-order valence-corrected chi connectivity index (χ1v) is 7.94. The summed E-state index contributed by atoms with van der Waals surface area (Å²) < 4.78 is 0. The molecule has 0 amide bonds. The Morgan fingerprint density at radius 3 is 2.29 bits per heavy atom. The van der Waals surface area contributed by atoms with Gasteiger partial charge in [0.15, 0.2) is 0 Å². The molecule has 2 rings (SSSR count). The van der Waals surface area contributed by atoms with Crippen molar-refractivity contribution in [2.24, 2.45) is 0 Å². The molecular weight excluding hydrogens is 264 g/mol. The Bertz CT molecular complexity index is 414. The van der Waals surface area contributed by atoms with E-state index in [-0.39, 0.29) is 0 Å². The van der Waals surface area contributed by atoms with Crippen LogP contribution in [0.1, 0.15) is 31.2 Å². The topological polar surface area (TPSA) is 43.8 Å². The number of hydrogen-bond acceptors (Lipinski definition) is 3. The number of nitrogens with zero attached hydrogens (tertiary/aromatic N) is 2. The second-order valence-corrected chi connectivity index (χ2v) is 5.81. The standard InChI is InChI=1S/C17H26N2O2/c20-17(21)9-5-2-6-10-18-11-13-19(14-12-18)15-16-7-3-1-4-8-16/h1,3-4,7-8H,2,5-6,9-15H2,(H,20,21). The third-order valence-corrected chi connectivity index (χ3v) is 4.08. The summed E-state index contributed by atoms with van der Waals surface area (Å²) in [5.41, 5.74) is 1.39. The molecule has 21 heavy (non-hydrogen) atoms. The molecule has 1 heterocycles. The Labute approximate surface area is 127 Å². The summed E-state index contributed by atoms with van der Waals surface area (Å²) in [6, 6.07) is 10.6. The summed E-state index contributed by atoms with van der Waals surface area (Å²) in [4.78, 5) is 15.4. The van der Waals surface area contributed by atoms with Crippen LogP contribution in [-0.4, -0.2) is 53.6 Å². The van der Waals surface area contributed by atoms with E-state index in [1.807, 2.05) is 0 Å². The first-order valence-electron chi connectivity index (χ1n) is 7.94. The lowest BCUT2D eigenvalue weighted by molar-refractivity contribution is -0.137. The van der Waals surface area contributed by atoms with Crippen molar-refractivity contribution in [3.8, 4) is 0 Å². The van der Waals surface area contributed by atoms with E-state index in [4.69, 9.17) is 5.11 Å². The van der Waals surface area contributed by atoms with Crippen LogP contribution < -0.4 is 0 Å². The largest absolute Gasteiger partial charge is 0.481 e. The van der Waals surface area contributed by atoms with Crippen molar-refractivity contribution >= 4 is 5.97 Å². The third-order valence-electron chi connectivity index (χ3n) is 4.08. The SMILES string of the molecule is O=C(O)CCCCCN1CCN(Cc2ccccc2)CC1. The van der Waals surface area contributed by atoms with Crippen molar-refractivity contribution in [3.05, 3.63) is 35.9 Å². The molecule has 0 unspecified atom stereocenters. The van der Waals surface area contributed by atoms with Crippen molar-refractivity contribution < 1.29 is 9.90 Å². The van der Waals surface area contributed by atoms with E-state index in [0.29, 0.717) is 6.42 Å². The van der Waals surface area contributed by atoms with Crippen LogP contribution in [0.4, 0.5) is 0 Å². The summed E-state index contributed by atoms with van der Waals surface area (Å²) in [5.74, 6) is -0.676. The zero-order valence-electron chi connectivity index (χ0n) is 12.7. The number of benzene rings is 1. The third kappa shape index (κ3) is 6.27. The number of rotatable bonds is 8. The molecule has 0 bridgehead atoms. The second kappa shape index (κ2) is 8.80. The van der Waals surface area contributed by atoms with Gasteiger partial charge < -0.3 is 10.0 Å². The Morgan fingerprint density at radius 2 is 1.62 bits per heavy atom. The zero-order chi connectivity index (χ0) is 14.9. The van der Waals surface area contributed by atoms with Gasteiger partial charge in [-0.15, -0.1) is 0 Å². The number of hydrogen-bond donors (Lipinski definition) is 1. The minimum absolute atomic E-state index is 0.310. The average Bonchev–Trinajstić information content (AvgIpc) is 2.49. The minimum Gasteiger partial charge on any atom is -0.481 e. The molecular formula is C17H26N2O2. The van der Waals surface area contributed by atoms with Crippen LogP contribution in [0.25, 0.3) is 0 Å². The number of carbonyl (C=O) groups is 1. The maximum atomic E-state index is 10.4. The van der Waals surface area contributed by atoms with Gasteiger partial charge in [0.25, 0.3) is 0 Å². The van der Waals surface area contributed by atoms with E-state index in [1.54, 1.807) is 0 Å². The lowest BCUT2D eigenvalue weighted by atomic mass is 10.1. The fourth-order valence-electron chi connectivity index (χ4n) is 2.80. The van der Waals surface area contributed by atoms with Crippen molar-refractivity contribution in [2.45, 2.75) is 32.2 Å². The summed E-state index contributed by atoms with van der Waals surface area (Å²) >= 11 is 0. The van der Waals surface area contributed by atoms with E-state index >= 15 is 0 Å². The number of piperazine rings is 1. The molecule has 4 heteroatoms. The highest BCUT2D eigenvalue weighted by atomic mass is 16.4. The van der Waals surface area contributed by atoms with Gasteiger partial charge in [-0.1, -0.05) is 36.8 Å². The highest BCUT2D eigenvalue weighted by Crippen LogP contribution is 2.09. The molecule has 1 aromatic carbocycles. The van der Waals surface area contributed by atoms with Gasteiger partial charge in [0.05, 0.1) is 0 Å². The summed E-state index contributed by atoms with van der Waals surface area (Å²) in [6.07, 6.45) is 3.26. The Hall–Kier alpha value is -1.39. The van der Waals surface area contributed by atoms with Crippen LogP contribution in [0.5, 0.6) is 0 Å². The van der Waals surface area contributed by atoms with E-state index < -0.39 is 5.97 Å². The van der Waals surface area contributed by atoms with E-state index in [0.717, 1.165) is 58.5 Å². The Morgan fingerprint density at radius 1 is 0.952 bits per heavy atom. The number of aliphatic carboxylic acids is 1. The average molecular weight is 290 g/mol. The summed E-state index contributed by atoms with van der Waals surface area (Å²) in [5, 5.41) is 8.60. The van der Waals surface area contributed by atoms with Gasteiger partial charge >= 0.3 is 5.97 Å². The maximum Gasteiger partial charge on any atom is 0.303 e. The Balaban J connectivity index is 1.57. The van der Waals surface area contributed by atoms with Gasteiger partial charge in [-0.3, -0.25) is 9.69 Å². The fraction of sp³-hybridized carbons (Fsp3) is 0.588. The normalized spacial score (nSPS) is 17.0. The van der Waals surface area contributed by atoms with Crippen molar-refractivity contribution in [3.63, 3.8) is 0 Å². The van der Waals surface area contributed by atoms with Gasteiger partial charge in [0.2, 0.25) is 0 Å². The molecule has 1 fully saturated rings. The van der Waals surface area contributed by atoms with Gasteiger partial charge in [0, 0.05) is 39.1 Å². The van der Waals surface area contributed by atoms with Crippen LogP contribution in [0.2, 0.25) is 0 Å². The molecule has 0 radical (unpaired) electrons. The quantitative estimate of drug-likeness (QED) is 0.747. The summed E-state index contributed by atoms with van der Waals surface area (Å²) in [7, 11) is 0.